The number of benzene rings is 1. The van der Waals surface area contributed by atoms with Crippen LogP contribution < -0.4 is 0 Å². The summed E-state index contributed by atoms with van der Waals surface area (Å²) in [6.07, 6.45) is -3.18. The number of hydrogen-bond donors (Lipinski definition) is 0. The number of rotatable bonds is 2. The summed E-state index contributed by atoms with van der Waals surface area (Å²) in [7, 11) is 0. The maximum atomic E-state index is 13.2. The number of fused-ring (bicyclic) bond motifs is 4. The van der Waals surface area contributed by atoms with Gasteiger partial charge in [0.25, 0.3) is 5.91 Å². The van der Waals surface area contributed by atoms with Gasteiger partial charge in [0, 0.05) is 17.5 Å². The van der Waals surface area contributed by atoms with E-state index in [9.17, 15) is 18.0 Å². The molecule has 0 aliphatic carbocycles. The molecule has 1 amide bonds. The van der Waals surface area contributed by atoms with Gasteiger partial charge < -0.3 is 9.47 Å². The molecule has 2 aliphatic heterocycles. The molecule has 10 heteroatoms. The lowest BCUT2D eigenvalue weighted by Gasteiger charge is -2.35. The second-order valence-electron chi connectivity index (χ2n) is 7.13. The number of carbonyl (C=O) groups is 1. The zero-order chi connectivity index (χ0) is 20.3. The van der Waals surface area contributed by atoms with Crippen molar-refractivity contribution in [2.45, 2.75) is 37.6 Å². The Bertz CT molecular complexity index is 1100. The first kappa shape index (κ1) is 18.6. The summed E-state index contributed by atoms with van der Waals surface area (Å²) in [4.78, 5) is 14.9. The van der Waals surface area contributed by atoms with Crippen LogP contribution in [0.2, 0.25) is 5.02 Å². The lowest BCUT2D eigenvalue weighted by Crippen LogP contribution is -2.44. The van der Waals surface area contributed by atoms with Gasteiger partial charge in [-0.2, -0.15) is 24.5 Å². The molecule has 0 N–H and O–H groups in total. The van der Waals surface area contributed by atoms with Crippen molar-refractivity contribution in [3.8, 4) is 11.4 Å². The Morgan fingerprint density at radius 1 is 1.21 bits per heavy atom. The zero-order valence-corrected chi connectivity index (χ0v) is 16.4. The first-order valence-electron chi connectivity index (χ1n) is 9.00. The third kappa shape index (κ3) is 2.86. The summed E-state index contributed by atoms with van der Waals surface area (Å²) < 4.78 is 41.6. The molecule has 2 bridgehead atoms. The quantitative estimate of drug-likeness (QED) is 0.563. The summed E-state index contributed by atoms with van der Waals surface area (Å²) in [6, 6.07) is 4.93. The van der Waals surface area contributed by atoms with E-state index >= 15 is 0 Å². The molecule has 1 aromatic carbocycles. The molecule has 5 rings (SSSR count). The average molecular weight is 439 g/mol. The molecule has 4 heterocycles. The van der Waals surface area contributed by atoms with E-state index in [0.29, 0.717) is 18.8 Å². The zero-order valence-electron chi connectivity index (χ0n) is 14.9. The van der Waals surface area contributed by atoms with E-state index in [4.69, 9.17) is 11.6 Å². The fraction of sp³-hybridized carbons (Fsp3) is 0.316. The van der Waals surface area contributed by atoms with E-state index in [-0.39, 0.29) is 17.6 Å². The molecule has 1 fully saturated rings. The first-order valence-corrected chi connectivity index (χ1v) is 10.3. The van der Waals surface area contributed by atoms with Gasteiger partial charge in [-0.05, 0) is 36.4 Å². The SMILES string of the molecule is O=C(c1cccc(C(F)(F)F)c1Cl)N1C2CCC1c1nnc(-c3ccsc3)n1C2. The molecule has 2 aliphatic rings. The van der Waals surface area contributed by atoms with Gasteiger partial charge in [-0.3, -0.25) is 4.79 Å². The van der Waals surface area contributed by atoms with Gasteiger partial charge >= 0.3 is 6.18 Å². The second-order valence-corrected chi connectivity index (χ2v) is 8.29. The highest BCUT2D eigenvalue weighted by Crippen LogP contribution is 2.44. The third-order valence-electron chi connectivity index (χ3n) is 5.52. The molecule has 150 valence electrons. The number of aromatic nitrogens is 3. The van der Waals surface area contributed by atoms with E-state index < -0.39 is 22.7 Å². The van der Waals surface area contributed by atoms with E-state index in [1.807, 2.05) is 21.4 Å². The fourth-order valence-corrected chi connectivity index (χ4v) is 5.18. The van der Waals surface area contributed by atoms with Crippen LogP contribution in [0.4, 0.5) is 13.2 Å². The topological polar surface area (TPSA) is 51.0 Å². The second kappa shape index (κ2) is 6.56. The highest BCUT2D eigenvalue weighted by molar-refractivity contribution is 7.08. The normalized spacial score (nSPS) is 20.8. The minimum atomic E-state index is -4.62. The number of hydrogen-bond acceptors (Lipinski definition) is 4. The predicted octanol–water partition coefficient (Wildman–Crippen LogP) is 5.04. The van der Waals surface area contributed by atoms with Crippen LogP contribution >= 0.6 is 22.9 Å². The molecule has 0 spiro atoms. The molecule has 2 unspecified atom stereocenters. The number of halogens is 4. The van der Waals surface area contributed by atoms with E-state index in [2.05, 4.69) is 10.2 Å². The van der Waals surface area contributed by atoms with Crippen molar-refractivity contribution in [2.24, 2.45) is 0 Å². The molecule has 5 nitrogen and oxygen atoms in total. The Kier molecular flexibility index (Phi) is 4.22. The highest BCUT2D eigenvalue weighted by Gasteiger charge is 2.46. The predicted molar refractivity (Wildman–Crippen MR) is 102 cm³/mol. The van der Waals surface area contributed by atoms with Crippen molar-refractivity contribution in [1.82, 2.24) is 19.7 Å². The third-order valence-corrected chi connectivity index (χ3v) is 6.61. The van der Waals surface area contributed by atoms with E-state index in [1.165, 1.54) is 12.1 Å². The molecule has 2 aromatic heterocycles. The molecule has 3 aromatic rings. The molecule has 2 atom stereocenters. The summed E-state index contributed by atoms with van der Waals surface area (Å²) in [5.41, 5.74) is -0.171. The fourth-order valence-electron chi connectivity index (χ4n) is 4.24. The first-order chi connectivity index (χ1) is 13.9. The van der Waals surface area contributed by atoms with Crippen LogP contribution in [0.1, 0.15) is 40.6 Å². The minimum absolute atomic E-state index is 0.135. The molecule has 0 saturated carbocycles. The molecular formula is C19H14ClF3N4OS. The van der Waals surface area contributed by atoms with Crippen LogP contribution in [0, 0.1) is 0 Å². The number of carbonyl (C=O) groups excluding carboxylic acids is 1. The van der Waals surface area contributed by atoms with Crippen LogP contribution in [-0.2, 0) is 12.7 Å². The van der Waals surface area contributed by atoms with Crippen molar-refractivity contribution in [3.05, 3.63) is 57.0 Å². The van der Waals surface area contributed by atoms with Gasteiger partial charge in [-0.15, -0.1) is 10.2 Å². The Labute approximate surface area is 172 Å². The van der Waals surface area contributed by atoms with Gasteiger partial charge in [0.05, 0.1) is 28.2 Å². The molecule has 1 saturated heterocycles. The summed E-state index contributed by atoms with van der Waals surface area (Å²) in [5.74, 6) is 0.915. The minimum Gasteiger partial charge on any atom is -0.324 e. The average Bonchev–Trinajstić information content (AvgIpc) is 3.39. The van der Waals surface area contributed by atoms with E-state index in [0.717, 1.165) is 23.9 Å². The van der Waals surface area contributed by atoms with Crippen LogP contribution in [0.15, 0.2) is 35.0 Å². The lowest BCUT2D eigenvalue weighted by molar-refractivity contribution is -0.137. The smallest absolute Gasteiger partial charge is 0.324 e. The number of amides is 1. The van der Waals surface area contributed by atoms with Crippen LogP contribution in [0.25, 0.3) is 11.4 Å². The largest absolute Gasteiger partial charge is 0.417 e. The Hall–Kier alpha value is -2.39. The van der Waals surface area contributed by atoms with Gasteiger partial charge in [0.2, 0.25) is 0 Å². The van der Waals surface area contributed by atoms with Crippen LogP contribution in [-0.4, -0.2) is 31.6 Å². The summed E-state index contributed by atoms with van der Waals surface area (Å²) >= 11 is 7.56. The van der Waals surface area contributed by atoms with Crippen molar-refractivity contribution in [3.63, 3.8) is 0 Å². The van der Waals surface area contributed by atoms with E-state index in [1.54, 1.807) is 16.2 Å². The molecule has 0 radical (unpaired) electrons. The lowest BCUT2D eigenvalue weighted by atomic mass is 10.1. The number of nitrogens with zero attached hydrogens (tertiary/aromatic N) is 4. The number of alkyl halides is 3. The highest BCUT2D eigenvalue weighted by atomic mass is 35.5. The Morgan fingerprint density at radius 2 is 2.03 bits per heavy atom. The summed E-state index contributed by atoms with van der Waals surface area (Å²) in [5, 5.41) is 12.0. The Morgan fingerprint density at radius 3 is 2.76 bits per heavy atom. The number of thiophene rings is 1. The van der Waals surface area contributed by atoms with Crippen LogP contribution in [0.5, 0.6) is 0 Å². The molecular weight excluding hydrogens is 425 g/mol. The van der Waals surface area contributed by atoms with Crippen molar-refractivity contribution < 1.29 is 18.0 Å². The van der Waals surface area contributed by atoms with Gasteiger partial charge in [-0.25, -0.2) is 0 Å². The molecule has 29 heavy (non-hydrogen) atoms. The van der Waals surface area contributed by atoms with Crippen molar-refractivity contribution in [1.29, 1.82) is 0 Å². The monoisotopic (exact) mass is 438 g/mol. The maximum Gasteiger partial charge on any atom is 0.417 e. The van der Waals surface area contributed by atoms with Crippen LogP contribution in [0.3, 0.4) is 0 Å². The van der Waals surface area contributed by atoms with Gasteiger partial charge in [-0.1, -0.05) is 17.7 Å². The van der Waals surface area contributed by atoms with Crippen molar-refractivity contribution in [2.75, 3.05) is 0 Å². The Balaban J connectivity index is 1.53. The van der Waals surface area contributed by atoms with Crippen molar-refractivity contribution >= 4 is 28.8 Å². The standard InChI is InChI=1S/C19H14ClF3N4OS/c20-15-12(2-1-3-13(15)19(21,22)23)18(28)27-11-4-5-14(27)17-25-24-16(26(17)8-11)10-6-7-29-9-10/h1-3,6-7,9,11,14H,4-5,8H2. The maximum absolute atomic E-state index is 13.2. The summed E-state index contributed by atoms with van der Waals surface area (Å²) in [6.45, 7) is 0.506. The van der Waals surface area contributed by atoms with Gasteiger partial charge in [0.15, 0.2) is 11.6 Å². The van der Waals surface area contributed by atoms with Gasteiger partial charge in [0.1, 0.15) is 0 Å².